The van der Waals surface area contributed by atoms with E-state index in [0.29, 0.717) is 26.1 Å². The van der Waals surface area contributed by atoms with Gasteiger partial charge in [-0.2, -0.15) is 0 Å². The number of nitrogens with one attached hydrogen (secondary N) is 2. The lowest BCUT2D eigenvalue weighted by atomic mass is 10.1. The second-order valence-electron chi connectivity index (χ2n) is 4.26. The van der Waals surface area contributed by atoms with Crippen molar-refractivity contribution in [1.82, 2.24) is 10.6 Å². The van der Waals surface area contributed by atoms with Gasteiger partial charge < -0.3 is 15.4 Å². The van der Waals surface area contributed by atoms with Crippen LogP contribution in [-0.2, 0) is 16.1 Å². The van der Waals surface area contributed by atoms with Crippen LogP contribution < -0.4 is 10.6 Å². The first-order valence-corrected chi connectivity index (χ1v) is 6.24. The Morgan fingerprint density at radius 2 is 2.17 bits per heavy atom. The largest absolute Gasteiger partial charge is 0.383 e. The summed E-state index contributed by atoms with van der Waals surface area (Å²) in [6, 6.07) is 8.15. The van der Waals surface area contributed by atoms with E-state index in [1.54, 1.807) is 7.11 Å². The molecule has 0 aliphatic heterocycles. The Labute approximate surface area is 109 Å². The van der Waals surface area contributed by atoms with Gasteiger partial charge in [0.1, 0.15) is 0 Å². The summed E-state index contributed by atoms with van der Waals surface area (Å²) in [5.41, 5.74) is 2.35. The van der Waals surface area contributed by atoms with Crippen molar-refractivity contribution in [1.29, 1.82) is 0 Å². The Hall–Kier alpha value is -1.39. The van der Waals surface area contributed by atoms with E-state index in [2.05, 4.69) is 16.7 Å². The monoisotopic (exact) mass is 250 g/mol. The van der Waals surface area contributed by atoms with Gasteiger partial charge in [-0.3, -0.25) is 4.79 Å². The first-order valence-electron chi connectivity index (χ1n) is 6.24. The Balaban J connectivity index is 2.13. The van der Waals surface area contributed by atoms with Gasteiger partial charge in [0.2, 0.25) is 5.91 Å². The molecule has 4 nitrogen and oxygen atoms in total. The smallest absolute Gasteiger partial charge is 0.221 e. The molecule has 0 heterocycles. The zero-order chi connectivity index (χ0) is 13.2. The van der Waals surface area contributed by atoms with E-state index in [0.717, 1.165) is 12.1 Å². The maximum Gasteiger partial charge on any atom is 0.221 e. The summed E-state index contributed by atoms with van der Waals surface area (Å²) >= 11 is 0. The van der Waals surface area contributed by atoms with Crippen LogP contribution in [0, 0.1) is 6.92 Å². The van der Waals surface area contributed by atoms with Crippen molar-refractivity contribution >= 4 is 5.91 Å². The van der Waals surface area contributed by atoms with E-state index in [-0.39, 0.29) is 5.91 Å². The molecule has 0 aromatic heterocycles. The molecule has 4 heteroatoms. The van der Waals surface area contributed by atoms with Crippen molar-refractivity contribution in [2.24, 2.45) is 0 Å². The molecule has 1 aromatic carbocycles. The molecule has 0 saturated heterocycles. The Kier molecular flexibility index (Phi) is 7.06. The molecule has 0 radical (unpaired) electrons. The first-order chi connectivity index (χ1) is 8.72. The summed E-state index contributed by atoms with van der Waals surface area (Å²) in [4.78, 5) is 11.6. The van der Waals surface area contributed by atoms with Gasteiger partial charge >= 0.3 is 0 Å². The third-order valence-corrected chi connectivity index (χ3v) is 2.58. The maximum atomic E-state index is 11.6. The highest BCUT2D eigenvalue weighted by Gasteiger charge is 2.00. The van der Waals surface area contributed by atoms with Gasteiger partial charge in [0, 0.05) is 33.2 Å². The predicted octanol–water partition coefficient (Wildman–Crippen LogP) is 1.24. The molecule has 1 rings (SSSR count). The number of carbonyl (C=O) groups excluding carboxylic acids is 1. The lowest BCUT2D eigenvalue weighted by Crippen LogP contribution is -2.28. The quantitative estimate of drug-likeness (QED) is 0.682. The fourth-order valence-electron chi connectivity index (χ4n) is 1.61. The van der Waals surface area contributed by atoms with E-state index >= 15 is 0 Å². The van der Waals surface area contributed by atoms with E-state index in [4.69, 9.17) is 4.74 Å². The first kappa shape index (κ1) is 14.7. The third kappa shape index (κ3) is 6.37. The second-order valence-corrected chi connectivity index (χ2v) is 4.26. The number of hydrogen-bond donors (Lipinski definition) is 2. The van der Waals surface area contributed by atoms with Crippen LogP contribution in [-0.4, -0.2) is 32.7 Å². The standard InChI is InChI=1S/C14H22N2O2/c1-12-4-3-5-13(10-12)11-16-14(17)6-7-15-8-9-18-2/h3-5,10,15H,6-9,11H2,1-2H3,(H,16,17). The zero-order valence-electron chi connectivity index (χ0n) is 11.2. The maximum absolute atomic E-state index is 11.6. The number of amides is 1. The molecule has 0 unspecified atom stereocenters. The molecule has 100 valence electrons. The second kappa shape index (κ2) is 8.66. The summed E-state index contributed by atoms with van der Waals surface area (Å²) in [6.45, 7) is 4.78. The molecular formula is C14H22N2O2. The summed E-state index contributed by atoms with van der Waals surface area (Å²) in [6.07, 6.45) is 0.496. The zero-order valence-corrected chi connectivity index (χ0v) is 11.2. The molecule has 0 aliphatic carbocycles. The van der Waals surface area contributed by atoms with E-state index in [1.807, 2.05) is 25.1 Å². The van der Waals surface area contributed by atoms with Crippen LogP contribution >= 0.6 is 0 Å². The number of rotatable bonds is 8. The normalized spacial score (nSPS) is 10.3. The van der Waals surface area contributed by atoms with Crippen molar-refractivity contribution in [2.75, 3.05) is 26.8 Å². The number of ether oxygens (including phenoxy) is 1. The fourth-order valence-corrected chi connectivity index (χ4v) is 1.61. The highest BCUT2D eigenvalue weighted by molar-refractivity contribution is 5.76. The number of methoxy groups -OCH3 is 1. The highest BCUT2D eigenvalue weighted by atomic mass is 16.5. The van der Waals surface area contributed by atoms with Crippen LogP contribution in [0.5, 0.6) is 0 Å². The fraction of sp³-hybridized carbons (Fsp3) is 0.500. The molecule has 0 fully saturated rings. The van der Waals surface area contributed by atoms with Crippen molar-refractivity contribution in [3.63, 3.8) is 0 Å². The van der Waals surface area contributed by atoms with E-state index < -0.39 is 0 Å². The molecule has 0 atom stereocenters. The predicted molar refractivity (Wildman–Crippen MR) is 72.4 cm³/mol. The molecule has 1 amide bonds. The van der Waals surface area contributed by atoms with Crippen molar-refractivity contribution < 1.29 is 9.53 Å². The lowest BCUT2D eigenvalue weighted by Gasteiger charge is -2.07. The van der Waals surface area contributed by atoms with Crippen LogP contribution in [0.1, 0.15) is 17.5 Å². The molecule has 1 aromatic rings. The Morgan fingerprint density at radius 3 is 2.89 bits per heavy atom. The van der Waals surface area contributed by atoms with Crippen LogP contribution in [0.2, 0.25) is 0 Å². The summed E-state index contributed by atoms with van der Waals surface area (Å²) in [7, 11) is 1.66. The van der Waals surface area contributed by atoms with Crippen molar-refractivity contribution in [3.8, 4) is 0 Å². The topological polar surface area (TPSA) is 50.4 Å². The van der Waals surface area contributed by atoms with Crippen LogP contribution in [0.25, 0.3) is 0 Å². The minimum absolute atomic E-state index is 0.0708. The van der Waals surface area contributed by atoms with Gasteiger partial charge in [-0.1, -0.05) is 29.8 Å². The van der Waals surface area contributed by atoms with Crippen LogP contribution in [0.3, 0.4) is 0 Å². The number of benzene rings is 1. The summed E-state index contributed by atoms with van der Waals surface area (Å²) in [5.74, 6) is 0.0708. The minimum Gasteiger partial charge on any atom is -0.383 e. The molecule has 0 aliphatic rings. The van der Waals surface area contributed by atoms with Crippen molar-refractivity contribution in [3.05, 3.63) is 35.4 Å². The number of aryl methyl sites for hydroxylation is 1. The molecule has 0 bridgehead atoms. The number of carbonyl (C=O) groups is 1. The molecule has 0 saturated carbocycles. The van der Waals surface area contributed by atoms with Gasteiger partial charge in [-0.05, 0) is 12.5 Å². The average molecular weight is 250 g/mol. The van der Waals surface area contributed by atoms with Gasteiger partial charge in [-0.25, -0.2) is 0 Å². The summed E-state index contributed by atoms with van der Waals surface area (Å²) < 4.78 is 4.90. The molecule has 0 spiro atoms. The molecular weight excluding hydrogens is 228 g/mol. The molecule has 2 N–H and O–H groups in total. The highest BCUT2D eigenvalue weighted by Crippen LogP contribution is 2.03. The third-order valence-electron chi connectivity index (χ3n) is 2.58. The van der Waals surface area contributed by atoms with E-state index in [1.165, 1.54) is 5.56 Å². The molecule has 18 heavy (non-hydrogen) atoms. The Morgan fingerprint density at radius 1 is 1.33 bits per heavy atom. The van der Waals surface area contributed by atoms with Gasteiger partial charge in [0.15, 0.2) is 0 Å². The van der Waals surface area contributed by atoms with Crippen LogP contribution in [0.15, 0.2) is 24.3 Å². The van der Waals surface area contributed by atoms with Gasteiger partial charge in [-0.15, -0.1) is 0 Å². The summed E-state index contributed by atoms with van der Waals surface area (Å²) in [5, 5.41) is 6.05. The lowest BCUT2D eigenvalue weighted by molar-refractivity contribution is -0.121. The van der Waals surface area contributed by atoms with Gasteiger partial charge in [0.25, 0.3) is 0 Å². The Bertz CT molecular complexity index is 367. The van der Waals surface area contributed by atoms with E-state index in [9.17, 15) is 4.79 Å². The van der Waals surface area contributed by atoms with Crippen LogP contribution in [0.4, 0.5) is 0 Å². The SMILES string of the molecule is COCCNCCC(=O)NCc1cccc(C)c1. The number of hydrogen-bond acceptors (Lipinski definition) is 3. The van der Waals surface area contributed by atoms with Crippen molar-refractivity contribution in [2.45, 2.75) is 19.9 Å². The van der Waals surface area contributed by atoms with Gasteiger partial charge in [0.05, 0.1) is 6.61 Å². The average Bonchev–Trinajstić information content (AvgIpc) is 2.36. The minimum atomic E-state index is 0.0708.